The van der Waals surface area contributed by atoms with E-state index in [1.807, 2.05) is 6.92 Å². The topological polar surface area (TPSA) is 108 Å². The van der Waals surface area contributed by atoms with Crippen molar-refractivity contribution in [3.05, 3.63) is 17.2 Å². The number of phenols is 1. The standard InChI is InChI=1S/C15H20ClN3O4S/c1-4-5-11-14(21)19-15(18-11)17-10-7-6-9(16)13(12(10)20)24(22,23)8(2)3/h6-8,11,20H,4-5H2,1-3H3,(H2,17,18,19,21). The molecule has 1 atom stereocenters. The van der Waals surface area contributed by atoms with Crippen LogP contribution >= 0.6 is 11.6 Å². The Bertz CT molecular complexity index is 790. The maximum Gasteiger partial charge on any atom is 0.251 e. The highest BCUT2D eigenvalue weighted by atomic mass is 35.5. The molecule has 3 N–H and O–H groups in total. The number of nitrogens with one attached hydrogen (secondary N) is 2. The lowest BCUT2D eigenvalue weighted by Crippen LogP contribution is -2.32. The zero-order valence-corrected chi connectivity index (χ0v) is 15.2. The largest absolute Gasteiger partial charge is 0.504 e. The minimum absolute atomic E-state index is 0.0620. The predicted octanol–water partition coefficient (Wildman–Crippen LogP) is 2.29. The quantitative estimate of drug-likeness (QED) is 0.686. The van der Waals surface area contributed by atoms with Crippen LogP contribution in [-0.2, 0) is 14.6 Å². The number of benzene rings is 1. The second-order valence-electron chi connectivity index (χ2n) is 5.76. The van der Waals surface area contributed by atoms with Crippen LogP contribution in [0.5, 0.6) is 5.75 Å². The maximum absolute atomic E-state index is 12.4. The molecule has 7 nitrogen and oxygen atoms in total. The molecule has 1 aliphatic heterocycles. The Balaban J connectivity index is 2.37. The zero-order chi connectivity index (χ0) is 18.1. The summed E-state index contributed by atoms with van der Waals surface area (Å²) in [6, 6.07) is 2.32. The fourth-order valence-corrected chi connectivity index (χ4v) is 3.93. The van der Waals surface area contributed by atoms with Gasteiger partial charge in [0, 0.05) is 0 Å². The molecular weight excluding hydrogens is 354 g/mol. The summed E-state index contributed by atoms with van der Waals surface area (Å²) >= 11 is 5.97. The van der Waals surface area contributed by atoms with Gasteiger partial charge < -0.3 is 10.4 Å². The normalized spacial score (nSPS) is 17.8. The number of hydrogen-bond acceptors (Lipinski definition) is 6. The van der Waals surface area contributed by atoms with Gasteiger partial charge in [-0.15, -0.1) is 0 Å². The van der Waals surface area contributed by atoms with E-state index in [0.717, 1.165) is 6.42 Å². The molecule has 1 amide bonds. The third-order valence-corrected chi connectivity index (χ3v) is 6.28. The van der Waals surface area contributed by atoms with E-state index in [2.05, 4.69) is 15.6 Å². The molecule has 0 fully saturated rings. The number of amides is 1. The van der Waals surface area contributed by atoms with Crippen LogP contribution in [0.25, 0.3) is 0 Å². The van der Waals surface area contributed by atoms with E-state index in [9.17, 15) is 18.3 Å². The second kappa shape index (κ2) is 6.98. The molecule has 2 rings (SSSR count). The van der Waals surface area contributed by atoms with Gasteiger partial charge in [-0.1, -0.05) is 24.9 Å². The van der Waals surface area contributed by atoms with Crippen molar-refractivity contribution in [2.45, 2.75) is 49.8 Å². The molecule has 132 valence electrons. The number of aliphatic imine (C=N–C) groups is 1. The van der Waals surface area contributed by atoms with Crippen molar-refractivity contribution in [3.8, 4) is 5.75 Å². The molecular formula is C15H20ClN3O4S. The minimum atomic E-state index is -3.77. The number of nitrogens with zero attached hydrogens (tertiary/aromatic N) is 1. The Morgan fingerprint density at radius 3 is 2.67 bits per heavy atom. The fourth-order valence-electron chi connectivity index (χ4n) is 2.26. The van der Waals surface area contributed by atoms with E-state index in [1.54, 1.807) is 0 Å². The molecule has 0 radical (unpaired) electrons. The maximum atomic E-state index is 12.4. The lowest BCUT2D eigenvalue weighted by atomic mass is 10.2. The molecule has 1 aliphatic rings. The van der Waals surface area contributed by atoms with Gasteiger partial charge in [-0.2, -0.15) is 0 Å². The van der Waals surface area contributed by atoms with Gasteiger partial charge in [0.05, 0.1) is 16.0 Å². The van der Waals surface area contributed by atoms with Crippen LogP contribution in [0.1, 0.15) is 33.6 Å². The summed E-state index contributed by atoms with van der Waals surface area (Å²) in [6.07, 6.45) is 1.41. The monoisotopic (exact) mass is 373 g/mol. The van der Waals surface area contributed by atoms with Crippen LogP contribution in [0.2, 0.25) is 5.02 Å². The molecule has 1 heterocycles. The van der Waals surface area contributed by atoms with Crippen molar-refractivity contribution in [1.82, 2.24) is 5.32 Å². The number of phenolic OH excluding ortho intramolecular Hbond substituents is 1. The van der Waals surface area contributed by atoms with Crippen molar-refractivity contribution in [2.75, 3.05) is 5.32 Å². The first-order valence-electron chi connectivity index (χ1n) is 7.59. The number of guanidine groups is 1. The number of anilines is 1. The first kappa shape index (κ1) is 18.5. The average molecular weight is 374 g/mol. The van der Waals surface area contributed by atoms with E-state index in [-0.39, 0.29) is 27.5 Å². The van der Waals surface area contributed by atoms with Gasteiger partial charge in [-0.3, -0.25) is 10.1 Å². The summed E-state index contributed by atoms with van der Waals surface area (Å²) in [7, 11) is -3.77. The first-order chi connectivity index (χ1) is 11.2. The molecule has 1 unspecified atom stereocenters. The summed E-state index contributed by atoms with van der Waals surface area (Å²) in [5.74, 6) is -0.557. The predicted molar refractivity (Wildman–Crippen MR) is 93.3 cm³/mol. The van der Waals surface area contributed by atoms with Crippen molar-refractivity contribution in [1.29, 1.82) is 0 Å². The van der Waals surface area contributed by atoms with Gasteiger partial charge in [-0.05, 0) is 32.4 Å². The highest BCUT2D eigenvalue weighted by Gasteiger charge is 2.30. The Hall–Kier alpha value is -1.80. The SMILES string of the molecule is CCCC1N=C(Nc2ccc(Cl)c(S(=O)(=O)C(C)C)c2O)NC1=O. The van der Waals surface area contributed by atoms with Crippen LogP contribution in [-0.4, -0.2) is 36.7 Å². The third-order valence-electron chi connectivity index (χ3n) is 3.63. The number of aromatic hydroxyl groups is 1. The Morgan fingerprint density at radius 1 is 1.42 bits per heavy atom. The minimum Gasteiger partial charge on any atom is -0.504 e. The summed E-state index contributed by atoms with van der Waals surface area (Å²) < 4.78 is 24.8. The van der Waals surface area contributed by atoms with Crippen LogP contribution < -0.4 is 10.6 Å². The molecule has 0 spiro atoms. The summed E-state index contributed by atoms with van der Waals surface area (Å²) in [6.45, 7) is 4.95. The number of halogens is 1. The van der Waals surface area contributed by atoms with E-state index in [4.69, 9.17) is 11.6 Å². The smallest absolute Gasteiger partial charge is 0.251 e. The molecule has 1 aromatic rings. The Labute approximate surface area is 146 Å². The molecule has 1 aromatic carbocycles. The zero-order valence-electron chi connectivity index (χ0n) is 13.6. The number of carbonyl (C=O) groups is 1. The van der Waals surface area contributed by atoms with Gasteiger partial charge in [0.15, 0.2) is 15.6 Å². The van der Waals surface area contributed by atoms with E-state index in [1.165, 1.54) is 26.0 Å². The molecule has 24 heavy (non-hydrogen) atoms. The van der Waals surface area contributed by atoms with Gasteiger partial charge in [0.2, 0.25) is 5.96 Å². The van der Waals surface area contributed by atoms with Crippen molar-refractivity contribution < 1.29 is 18.3 Å². The number of rotatable bonds is 5. The fraction of sp³-hybridized carbons (Fsp3) is 0.467. The molecule has 0 saturated carbocycles. The van der Waals surface area contributed by atoms with Gasteiger partial charge in [0.25, 0.3) is 5.91 Å². The van der Waals surface area contributed by atoms with E-state index < -0.39 is 26.9 Å². The second-order valence-corrected chi connectivity index (χ2v) is 8.61. The Morgan fingerprint density at radius 2 is 2.08 bits per heavy atom. The van der Waals surface area contributed by atoms with Crippen LogP contribution in [0.4, 0.5) is 5.69 Å². The number of carbonyl (C=O) groups excluding carboxylic acids is 1. The van der Waals surface area contributed by atoms with Crippen LogP contribution in [0.15, 0.2) is 22.0 Å². The third kappa shape index (κ3) is 3.49. The summed E-state index contributed by atoms with van der Waals surface area (Å²) in [4.78, 5) is 15.6. The number of sulfone groups is 1. The van der Waals surface area contributed by atoms with Gasteiger partial charge >= 0.3 is 0 Å². The highest BCUT2D eigenvalue weighted by Crippen LogP contribution is 2.38. The Kier molecular flexibility index (Phi) is 5.39. The lowest BCUT2D eigenvalue weighted by molar-refractivity contribution is -0.120. The highest BCUT2D eigenvalue weighted by molar-refractivity contribution is 7.92. The molecule has 0 aliphatic carbocycles. The lowest BCUT2D eigenvalue weighted by Gasteiger charge is -2.15. The van der Waals surface area contributed by atoms with Gasteiger partial charge in [-0.25, -0.2) is 13.4 Å². The van der Waals surface area contributed by atoms with Crippen molar-refractivity contribution in [2.24, 2.45) is 4.99 Å². The van der Waals surface area contributed by atoms with E-state index in [0.29, 0.717) is 6.42 Å². The summed E-state index contributed by atoms with van der Waals surface area (Å²) in [5, 5.41) is 14.9. The summed E-state index contributed by atoms with van der Waals surface area (Å²) in [5.41, 5.74) is 0.106. The average Bonchev–Trinajstić information content (AvgIpc) is 2.82. The molecule has 9 heteroatoms. The number of hydrogen-bond donors (Lipinski definition) is 3. The molecule has 0 aromatic heterocycles. The molecule has 0 saturated heterocycles. The van der Waals surface area contributed by atoms with E-state index >= 15 is 0 Å². The first-order valence-corrected chi connectivity index (χ1v) is 9.52. The van der Waals surface area contributed by atoms with Crippen molar-refractivity contribution in [3.63, 3.8) is 0 Å². The van der Waals surface area contributed by atoms with Crippen molar-refractivity contribution >= 4 is 39.0 Å². The van der Waals surface area contributed by atoms with Crippen LogP contribution in [0, 0.1) is 0 Å². The van der Waals surface area contributed by atoms with Crippen LogP contribution in [0.3, 0.4) is 0 Å². The van der Waals surface area contributed by atoms with Gasteiger partial charge in [0.1, 0.15) is 10.9 Å². The molecule has 0 bridgehead atoms.